The summed E-state index contributed by atoms with van der Waals surface area (Å²) in [6.07, 6.45) is 4.46. The van der Waals surface area contributed by atoms with Crippen LogP contribution in [-0.4, -0.2) is 134 Å². The van der Waals surface area contributed by atoms with Crippen LogP contribution in [0, 0.1) is 11.8 Å². The van der Waals surface area contributed by atoms with Crippen LogP contribution in [0.2, 0.25) is 0 Å². The van der Waals surface area contributed by atoms with E-state index in [1.165, 1.54) is 39.1 Å². The lowest BCUT2D eigenvalue weighted by molar-refractivity contribution is -0.143. The third kappa shape index (κ3) is 29.0. The molecule has 27 nitrogen and oxygen atoms in total. The number of carbonyl (C=O) groups excluding carboxylic acids is 13. The zero-order valence-electron chi connectivity index (χ0n) is 48.2. The fraction of sp³-hybridized carbons (Fsp3) is 0.411. The highest BCUT2D eigenvalue weighted by atomic mass is 16.5. The Morgan fingerprint density at radius 2 is 0.964 bits per heavy atom. The van der Waals surface area contributed by atoms with Crippen LogP contribution in [0.3, 0.4) is 0 Å². The van der Waals surface area contributed by atoms with Gasteiger partial charge in [-0.2, -0.15) is 0 Å². The van der Waals surface area contributed by atoms with Crippen molar-refractivity contribution in [2.75, 3.05) is 55.7 Å². The molecule has 1 heterocycles. The van der Waals surface area contributed by atoms with Crippen molar-refractivity contribution < 1.29 is 71.8 Å². The maximum absolute atomic E-state index is 13.9. The summed E-state index contributed by atoms with van der Waals surface area (Å²) in [7, 11) is 1.50. The van der Waals surface area contributed by atoms with E-state index in [0.29, 0.717) is 35.5 Å². The minimum absolute atomic E-state index is 0.0562. The van der Waals surface area contributed by atoms with Crippen LogP contribution in [0.25, 0.3) is 0 Å². The van der Waals surface area contributed by atoms with Crippen LogP contribution in [0.1, 0.15) is 106 Å². The van der Waals surface area contributed by atoms with Crippen molar-refractivity contribution in [3.63, 3.8) is 0 Å². The van der Waals surface area contributed by atoms with Gasteiger partial charge in [-0.3, -0.25) is 62.4 Å². The van der Waals surface area contributed by atoms with Crippen LogP contribution < -0.4 is 59.3 Å². The second kappa shape index (κ2) is 39.0. The van der Waals surface area contributed by atoms with E-state index in [0.717, 1.165) is 36.4 Å². The van der Waals surface area contributed by atoms with Gasteiger partial charge in [0, 0.05) is 80.2 Å². The molecule has 0 aromatic heterocycles. The smallest absolute Gasteiger partial charge is 0.312 e. The molecule has 0 saturated heterocycles. The number of nitrogens with zero attached hydrogens (tertiary/aromatic N) is 1. The van der Waals surface area contributed by atoms with Gasteiger partial charge in [-0.15, -0.1) is 0 Å². The lowest BCUT2D eigenvalue weighted by atomic mass is 10.0. The number of hydrogen-bond donors (Lipinski definition) is 11. The second-order valence-electron chi connectivity index (χ2n) is 18.5. The molecule has 27 heteroatoms. The van der Waals surface area contributed by atoms with Crippen molar-refractivity contribution >= 4 is 94.6 Å². The van der Waals surface area contributed by atoms with Crippen molar-refractivity contribution in [1.82, 2.24) is 36.8 Å². The number of amides is 12. The molecule has 3 aromatic carbocycles. The van der Waals surface area contributed by atoms with Crippen LogP contribution in [0.5, 0.6) is 0 Å². The number of primary amides is 1. The second-order valence-corrected chi connectivity index (χ2v) is 18.5. The molecule has 2 unspecified atom stereocenters. The predicted octanol–water partition coefficient (Wildman–Crippen LogP) is 1.87. The normalized spacial score (nSPS) is 11.7. The van der Waals surface area contributed by atoms with Crippen LogP contribution in [0.15, 0.2) is 78.9 Å². The van der Waals surface area contributed by atoms with E-state index in [4.69, 9.17) is 15.2 Å². The highest BCUT2D eigenvalue weighted by Crippen LogP contribution is 2.19. The number of nitrogens with two attached hydrogens (primary N) is 2. The minimum atomic E-state index is -1.20. The Hall–Kier alpha value is -9.53. The van der Waals surface area contributed by atoms with E-state index in [-0.39, 0.29) is 43.0 Å². The molecular weight excluding hydrogens is 1080 g/mol. The molecule has 0 spiro atoms. The molecular formula is C56H78N12O15. The van der Waals surface area contributed by atoms with Gasteiger partial charge in [-0.25, -0.2) is 4.79 Å². The average molecular weight is 1160 g/mol. The van der Waals surface area contributed by atoms with Crippen molar-refractivity contribution in [3.05, 3.63) is 101 Å². The number of hydrogen-bond acceptors (Lipinski definition) is 16. The van der Waals surface area contributed by atoms with E-state index in [9.17, 15) is 62.3 Å². The number of esters is 2. The van der Waals surface area contributed by atoms with E-state index >= 15 is 0 Å². The maximum Gasteiger partial charge on any atom is 0.312 e. The quantitative estimate of drug-likeness (QED) is 0.0225. The van der Waals surface area contributed by atoms with Crippen molar-refractivity contribution in [3.8, 4) is 0 Å². The van der Waals surface area contributed by atoms with Gasteiger partial charge >= 0.3 is 18.0 Å². The van der Waals surface area contributed by atoms with Crippen LogP contribution in [0.4, 0.5) is 21.9 Å². The number of anilines is 3. The van der Waals surface area contributed by atoms with Crippen molar-refractivity contribution in [1.29, 1.82) is 0 Å². The highest BCUT2D eigenvalue weighted by molar-refractivity contribution is 6.13. The summed E-state index contributed by atoms with van der Waals surface area (Å²) in [6, 6.07) is 13.8. The molecule has 1 aliphatic heterocycles. The first kappa shape index (κ1) is 71.5. The number of carbonyl (C=O) groups is 13. The fourth-order valence-electron chi connectivity index (χ4n) is 6.72. The summed E-state index contributed by atoms with van der Waals surface area (Å²) >= 11 is 0. The van der Waals surface area contributed by atoms with E-state index in [1.807, 2.05) is 13.8 Å². The van der Waals surface area contributed by atoms with Crippen molar-refractivity contribution in [2.24, 2.45) is 23.3 Å². The minimum Gasteiger partial charge on any atom is -0.461 e. The topological polar surface area (TPSA) is 404 Å². The molecule has 12 amide bonds. The zero-order valence-corrected chi connectivity index (χ0v) is 48.2. The molecule has 0 saturated carbocycles. The predicted molar refractivity (Wildman–Crippen MR) is 307 cm³/mol. The lowest BCUT2D eigenvalue weighted by Gasteiger charge is -2.23. The fourth-order valence-corrected chi connectivity index (χ4v) is 6.72. The summed E-state index contributed by atoms with van der Waals surface area (Å²) in [5, 5.41) is 23.0. The molecule has 452 valence electrons. The Labute approximate surface area is 481 Å². The van der Waals surface area contributed by atoms with E-state index in [1.54, 1.807) is 76.2 Å². The standard InChI is InChI=1S/C47H54N8O13.C4H10N2O.C4H9NO.CH5N/c1-26(2)42(46(65)48-22-38(59)50-34-11-7-30(8-12-34)24-67-28(5)56)53-44(63)32-19-33(21-36(20-32)52-37(58)17-18-55-40(61)15-16-41(55)62)45(64)54-43(27(3)4)47(66)49-23-39(60)51-35-13-9-31(10-14-35)25-68-29(6)57;1-2-3-6-4(5)7;1-2-3-5-4-6;1-2/h7-16,19-21,26-27,42-43H,17-18,22-25H2,1-6H3,(H,48,65)(H,49,66)(H,50,59)(H,51,60)(H,52,58)(H,53,63)(H,54,64);2-3H2,1H3,(H3,5,6,7);4H,2-3H2,1H3,(H,5,6);2H2,1H3. The maximum atomic E-state index is 13.9. The molecule has 13 N–H and O–H groups in total. The van der Waals surface area contributed by atoms with Gasteiger partial charge in [-0.1, -0.05) is 65.8 Å². The number of imide groups is 1. The molecule has 0 fully saturated rings. The summed E-state index contributed by atoms with van der Waals surface area (Å²) in [4.78, 5) is 159. The van der Waals surface area contributed by atoms with Gasteiger partial charge in [0.25, 0.3) is 23.6 Å². The summed E-state index contributed by atoms with van der Waals surface area (Å²) in [5.74, 6) is -8.09. The van der Waals surface area contributed by atoms with Gasteiger partial charge < -0.3 is 68.8 Å². The third-order valence-electron chi connectivity index (χ3n) is 10.9. The molecule has 2 atom stereocenters. The molecule has 1 aliphatic rings. The molecule has 4 rings (SSSR count). The SMILES string of the molecule is CC(=O)OCc1ccc(NC(=O)CNC(=O)C(NC(=O)c2cc(NC(=O)CCN3C(=O)C=CC3=O)cc(C(=O)NC(C(=O)NCC(=O)Nc3ccc(COC(C)=O)cc3)C(C)C)c2)C(C)C)cc1.CCCNC(N)=O.CCCNC=O.CN. The van der Waals surface area contributed by atoms with Gasteiger partial charge in [0.15, 0.2) is 0 Å². The molecule has 0 aliphatic carbocycles. The Kier molecular flexibility index (Phi) is 33.6. The average Bonchev–Trinajstić information content (AvgIpc) is 3.98. The van der Waals surface area contributed by atoms with Crippen LogP contribution in [-0.2, 0) is 70.6 Å². The number of benzene rings is 3. The van der Waals surface area contributed by atoms with E-state index < -0.39 is 108 Å². The first-order valence-electron chi connectivity index (χ1n) is 26.4. The van der Waals surface area contributed by atoms with Crippen LogP contribution >= 0.6 is 0 Å². The zero-order chi connectivity index (χ0) is 62.6. The summed E-state index contributed by atoms with van der Waals surface area (Å²) in [5.41, 5.74) is 11.0. The number of nitrogens with one attached hydrogen (secondary N) is 9. The Balaban J connectivity index is 0.00000203. The monoisotopic (exact) mass is 1160 g/mol. The van der Waals surface area contributed by atoms with Crippen molar-refractivity contribution in [2.45, 2.75) is 99.9 Å². The number of rotatable bonds is 27. The van der Waals surface area contributed by atoms with E-state index in [2.05, 4.69) is 53.6 Å². The molecule has 0 radical (unpaired) electrons. The first-order chi connectivity index (χ1) is 39.4. The molecule has 83 heavy (non-hydrogen) atoms. The third-order valence-corrected chi connectivity index (χ3v) is 10.9. The molecule has 3 aromatic rings. The van der Waals surface area contributed by atoms with Gasteiger partial charge in [0.05, 0.1) is 13.1 Å². The lowest BCUT2D eigenvalue weighted by Crippen LogP contribution is -2.51. The Morgan fingerprint density at radius 1 is 0.566 bits per heavy atom. The largest absolute Gasteiger partial charge is 0.461 e. The Morgan fingerprint density at radius 3 is 1.29 bits per heavy atom. The summed E-state index contributed by atoms with van der Waals surface area (Å²) in [6.45, 7) is 13.5. The van der Waals surface area contributed by atoms with Gasteiger partial charge in [0.2, 0.25) is 35.9 Å². The van der Waals surface area contributed by atoms with Gasteiger partial charge in [-0.05, 0) is 85.3 Å². The summed E-state index contributed by atoms with van der Waals surface area (Å²) < 4.78 is 9.91. The highest BCUT2D eigenvalue weighted by Gasteiger charge is 2.29. The number of urea groups is 1. The van der Waals surface area contributed by atoms with Gasteiger partial charge in [0.1, 0.15) is 25.3 Å². The number of ether oxygens (including phenoxy) is 2. The Bertz CT molecular complexity index is 2580. The first-order valence-corrected chi connectivity index (χ1v) is 26.4. The molecule has 0 bridgehead atoms.